The normalized spacial score (nSPS) is 25.0. The highest BCUT2D eigenvalue weighted by molar-refractivity contribution is 5.94. The predicted octanol–water partition coefficient (Wildman–Crippen LogP) is 3.71. The van der Waals surface area contributed by atoms with Crippen molar-refractivity contribution in [2.45, 2.75) is 83.7 Å². The maximum Gasteiger partial charge on any atom is 0.253 e. The van der Waals surface area contributed by atoms with Crippen LogP contribution in [0.5, 0.6) is 5.75 Å². The van der Waals surface area contributed by atoms with E-state index in [1.807, 2.05) is 43.9 Å². The Morgan fingerprint density at radius 3 is 2.67 bits per heavy atom. The van der Waals surface area contributed by atoms with Crippen molar-refractivity contribution in [1.82, 2.24) is 4.90 Å². The number of hydrogen-bond acceptors (Lipinski definition) is 4. The van der Waals surface area contributed by atoms with E-state index in [0.717, 1.165) is 37.0 Å². The molecular formula is C22H33NO4. The van der Waals surface area contributed by atoms with Gasteiger partial charge in [0, 0.05) is 25.1 Å². The number of hydrogen-bond donors (Lipinski definition) is 1. The first kappa shape index (κ1) is 20.2. The number of rotatable bonds is 4. The zero-order chi connectivity index (χ0) is 19.6. The molecule has 2 saturated heterocycles. The van der Waals surface area contributed by atoms with Crippen molar-refractivity contribution in [1.29, 1.82) is 0 Å². The molecule has 1 spiro atoms. The molecule has 2 fully saturated rings. The first-order valence-electron chi connectivity index (χ1n) is 10.2. The van der Waals surface area contributed by atoms with Gasteiger partial charge in [-0.2, -0.15) is 0 Å². The first-order valence-corrected chi connectivity index (χ1v) is 10.2. The zero-order valence-electron chi connectivity index (χ0n) is 17.0. The van der Waals surface area contributed by atoms with Crippen LogP contribution in [0.1, 0.15) is 68.8 Å². The number of aryl methyl sites for hydroxylation is 1. The molecule has 0 aliphatic carbocycles. The molecule has 0 radical (unpaired) electrons. The van der Waals surface area contributed by atoms with E-state index < -0.39 is 0 Å². The SMILES string of the molecule is CCC1CC(O)CC2(CCN(C(=O)c3ccc(OC(C)C)c(C)c3)CC2)O1. The Hall–Kier alpha value is -1.59. The second kappa shape index (κ2) is 8.19. The maximum atomic E-state index is 12.9. The van der Waals surface area contributed by atoms with E-state index in [0.29, 0.717) is 25.1 Å². The van der Waals surface area contributed by atoms with Gasteiger partial charge in [0.25, 0.3) is 5.91 Å². The monoisotopic (exact) mass is 375 g/mol. The van der Waals surface area contributed by atoms with Gasteiger partial charge in [-0.3, -0.25) is 4.79 Å². The van der Waals surface area contributed by atoms with E-state index in [1.165, 1.54) is 0 Å². The first-order chi connectivity index (χ1) is 12.8. The van der Waals surface area contributed by atoms with Gasteiger partial charge in [-0.1, -0.05) is 6.92 Å². The molecule has 0 aromatic heterocycles. The van der Waals surface area contributed by atoms with Crippen molar-refractivity contribution >= 4 is 5.91 Å². The molecule has 5 nitrogen and oxygen atoms in total. The van der Waals surface area contributed by atoms with E-state index in [1.54, 1.807) is 0 Å². The highest BCUT2D eigenvalue weighted by Crippen LogP contribution is 2.38. The molecule has 2 atom stereocenters. The van der Waals surface area contributed by atoms with Gasteiger partial charge in [0.2, 0.25) is 0 Å². The lowest BCUT2D eigenvalue weighted by molar-refractivity contribution is -0.179. The lowest BCUT2D eigenvalue weighted by Gasteiger charge is -2.47. The van der Waals surface area contributed by atoms with Gasteiger partial charge >= 0.3 is 0 Å². The van der Waals surface area contributed by atoms with E-state index in [-0.39, 0.29) is 29.8 Å². The third-order valence-corrected chi connectivity index (χ3v) is 5.76. The molecule has 3 rings (SSSR count). The van der Waals surface area contributed by atoms with Crippen LogP contribution in [-0.4, -0.2) is 52.9 Å². The predicted molar refractivity (Wildman–Crippen MR) is 105 cm³/mol. The Balaban J connectivity index is 1.64. The Kier molecular flexibility index (Phi) is 6.11. The van der Waals surface area contributed by atoms with Crippen LogP contribution in [0.2, 0.25) is 0 Å². The Labute approximate surface area is 162 Å². The topological polar surface area (TPSA) is 59.0 Å². The Morgan fingerprint density at radius 1 is 1.37 bits per heavy atom. The molecule has 2 heterocycles. The van der Waals surface area contributed by atoms with Gasteiger partial charge in [-0.05, 0) is 70.2 Å². The maximum absolute atomic E-state index is 12.9. The number of likely N-dealkylation sites (tertiary alicyclic amines) is 1. The van der Waals surface area contributed by atoms with E-state index >= 15 is 0 Å². The smallest absolute Gasteiger partial charge is 0.253 e. The number of carbonyl (C=O) groups is 1. The van der Waals surface area contributed by atoms with Crippen LogP contribution in [0.25, 0.3) is 0 Å². The van der Waals surface area contributed by atoms with Crippen LogP contribution in [-0.2, 0) is 4.74 Å². The van der Waals surface area contributed by atoms with Crippen LogP contribution in [0.3, 0.4) is 0 Å². The molecule has 1 aromatic rings. The summed E-state index contributed by atoms with van der Waals surface area (Å²) in [5.74, 6) is 0.891. The Bertz CT molecular complexity index is 664. The van der Waals surface area contributed by atoms with Crippen LogP contribution in [0.4, 0.5) is 0 Å². The summed E-state index contributed by atoms with van der Waals surface area (Å²) in [6.07, 6.45) is 3.87. The molecule has 2 aliphatic rings. The number of ether oxygens (including phenoxy) is 2. The highest BCUT2D eigenvalue weighted by atomic mass is 16.5. The molecule has 0 saturated carbocycles. The molecule has 0 bridgehead atoms. The van der Waals surface area contributed by atoms with Crippen molar-refractivity contribution in [2.24, 2.45) is 0 Å². The quantitative estimate of drug-likeness (QED) is 0.872. The summed E-state index contributed by atoms with van der Waals surface area (Å²) >= 11 is 0. The van der Waals surface area contributed by atoms with Crippen molar-refractivity contribution in [3.8, 4) is 5.75 Å². The molecule has 27 heavy (non-hydrogen) atoms. The van der Waals surface area contributed by atoms with Crippen LogP contribution in [0, 0.1) is 6.92 Å². The van der Waals surface area contributed by atoms with E-state index in [2.05, 4.69) is 6.92 Å². The Morgan fingerprint density at radius 2 is 2.07 bits per heavy atom. The van der Waals surface area contributed by atoms with Crippen LogP contribution < -0.4 is 4.74 Å². The number of aliphatic hydroxyl groups excluding tert-OH is 1. The third kappa shape index (κ3) is 4.64. The van der Waals surface area contributed by atoms with Gasteiger partial charge in [-0.25, -0.2) is 0 Å². The van der Waals surface area contributed by atoms with Gasteiger partial charge in [0.15, 0.2) is 0 Å². The largest absolute Gasteiger partial charge is 0.491 e. The number of carbonyl (C=O) groups excluding carboxylic acids is 1. The highest BCUT2D eigenvalue weighted by Gasteiger charge is 2.43. The summed E-state index contributed by atoms with van der Waals surface area (Å²) < 4.78 is 12.1. The standard InChI is InChI=1S/C22H33NO4/c1-5-19-13-18(24)14-22(27-19)8-10-23(11-9-22)21(25)17-6-7-20(16(4)12-17)26-15(2)3/h6-7,12,15,18-19,24H,5,8-11,13-14H2,1-4H3. The molecule has 1 N–H and O–H groups in total. The fourth-order valence-electron chi connectivity index (χ4n) is 4.31. The lowest BCUT2D eigenvalue weighted by atomic mass is 9.81. The molecule has 1 amide bonds. The van der Waals surface area contributed by atoms with E-state index in [4.69, 9.17) is 9.47 Å². The van der Waals surface area contributed by atoms with Crippen molar-refractivity contribution in [3.05, 3.63) is 29.3 Å². The van der Waals surface area contributed by atoms with Gasteiger partial charge in [0.05, 0.1) is 23.9 Å². The summed E-state index contributed by atoms with van der Waals surface area (Å²) in [6.45, 7) is 9.41. The fourth-order valence-corrected chi connectivity index (χ4v) is 4.31. The van der Waals surface area contributed by atoms with Gasteiger partial charge in [0.1, 0.15) is 5.75 Å². The second-order valence-corrected chi connectivity index (χ2v) is 8.36. The molecular weight excluding hydrogens is 342 g/mol. The van der Waals surface area contributed by atoms with Crippen LogP contribution >= 0.6 is 0 Å². The number of amides is 1. The van der Waals surface area contributed by atoms with Gasteiger partial charge in [-0.15, -0.1) is 0 Å². The minimum absolute atomic E-state index is 0.0625. The number of piperidine rings is 1. The fraction of sp³-hybridized carbons (Fsp3) is 0.682. The average molecular weight is 376 g/mol. The molecule has 1 aromatic carbocycles. The summed E-state index contributed by atoms with van der Waals surface area (Å²) in [5, 5.41) is 10.2. The molecule has 2 aliphatic heterocycles. The third-order valence-electron chi connectivity index (χ3n) is 5.76. The minimum atomic E-state index is -0.290. The summed E-state index contributed by atoms with van der Waals surface area (Å²) in [7, 11) is 0. The molecule has 2 unspecified atom stereocenters. The number of benzene rings is 1. The minimum Gasteiger partial charge on any atom is -0.491 e. The summed E-state index contributed by atoms with van der Waals surface area (Å²) in [5.41, 5.74) is 1.42. The van der Waals surface area contributed by atoms with Crippen molar-refractivity contribution < 1.29 is 19.4 Å². The van der Waals surface area contributed by atoms with Crippen LogP contribution in [0.15, 0.2) is 18.2 Å². The molecule has 5 heteroatoms. The van der Waals surface area contributed by atoms with Crippen molar-refractivity contribution in [3.63, 3.8) is 0 Å². The van der Waals surface area contributed by atoms with E-state index in [9.17, 15) is 9.90 Å². The van der Waals surface area contributed by atoms with Gasteiger partial charge < -0.3 is 19.5 Å². The summed E-state index contributed by atoms with van der Waals surface area (Å²) in [4.78, 5) is 14.8. The van der Waals surface area contributed by atoms with Crippen molar-refractivity contribution in [2.75, 3.05) is 13.1 Å². The second-order valence-electron chi connectivity index (χ2n) is 8.36. The molecule has 150 valence electrons. The zero-order valence-corrected chi connectivity index (χ0v) is 17.0. The number of nitrogens with zero attached hydrogens (tertiary/aromatic N) is 1. The summed E-state index contributed by atoms with van der Waals surface area (Å²) in [6, 6.07) is 5.66. The average Bonchev–Trinajstić information content (AvgIpc) is 2.62. The lowest BCUT2D eigenvalue weighted by Crippen LogP contribution is -2.53. The number of aliphatic hydroxyl groups is 1.